The molecule has 2 N–H and O–H groups in total. The lowest BCUT2D eigenvalue weighted by Crippen LogP contribution is -2.50. The number of halogens is 1. The Kier molecular flexibility index (Phi) is 5.63. The molecular weight excluding hydrogens is 276 g/mol. The van der Waals surface area contributed by atoms with Gasteiger partial charge in [0, 0.05) is 23.1 Å². The standard InChI is InChI=1S/C14H23BrN2/c1-4-14(5-2,11-16)17(3)10-12-6-8-13(15)9-7-12/h6-9H,4-5,10-11,16H2,1-3H3. The zero-order valence-electron chi connectivity index (χ0n) is 11.0. The number of benzene rings is 1. The monoisotopic (exact) mass is 298 g/mol. The molecule has 1 rings (SSSR count). The summed E-state index contributed by atoms with van der Waals surface area (Å²) in [5.41, 5.74) is 7.42. The van der Waals surface area contributed by atoms with Crippen LogP contribution >= 0.6 is 15.9 Å². The summed E-state index contributed by atoms with van der Waals surface area (Å²) in [6.45, 7) is 6.10. The minimum absolute atomic E-state index is 0.132. The van der Waals surface area contributed by atoms with Gasteiger partial charge in [-0.25, -0.2) is 0 Å². The third-order valence-corrected chi connectivity index (χ3v) is 4.37. The lowest BCUT2D eigenvalue weighted by molar-refractivity contribution is 0.108. The maximum atomic E-state index is 5.96. The zero-order valence-corrected chi connectivity index (χ0v) is 12.6. The van der Waals surface area contributed by atoms with Crippen molar-refractivity contribution in [2.75, 3.05) is 13.6 Å². The summed E-state index contributed by atoms with van der Waals surface area (Å²) in [6, 6.07) is 8.50. The second-order valence-electron chi connectivity index (χ2n) is 4.62. The molecule has 0 spiro atoms. The number of hydrogen-bond donors (Lipinski definition) is 1. The molecule has 0 amide bonds. The van der Waals surface area contributed by atoms with Crippen molar-refractivity contribution in [2.45, 2.75) is 38.8 Å². The lowest BCUT2D eigenvalue weighted by Gasteiger charge is -2.40. The van der Waals surface area contributed by atoms with Crippen molar-refractivity contribution in [1.29, 1.82) is 0 Å². The number of nitrogens with two attached hydrogens (primary N) is 1. The Balaban J connectivity index is 2.76. The summed E-state index contributed by atoms with van der Waals surface area (Å²) in [7, 11) is 2.17. The van der Waals surface area contributed by atoms with Crippen molar-refractivity contribution in [2.24, 2.45) is 5.73 Å². The van der Waals surface area contributed by atoms with E-state index in [1.807, 2.05) is 0 Å². The Morgan fingerprint density at radius 1 is 1.18 bits per heavy atom. The van der Waals surface area contributed by atoms with E-state index in [2.05, 4.69) is 66.0 Å². The van der Waals surface area contributed by atoms with E-state index < -0.39 is 0 Å². The third-order valence-electron chi connectivity index (χ3n) is 3.84. The Hall–Kier alpha value is -0.380. The van der Waals surface area contributed by atoms with Crippen LogP contribution in [0.5, 0.6) is 0 Å². The van der Waals surface area contributed by atoms with Crippen LogP contribution in [0.4, 0.5) is 0 Å². The predicted molar refractivity (Wildman–Crippen MR) is 78.0 cm³/mol. The van der Waals surface area contributed by atoms with Crippen molar-refractivity contribution < 1.29 is 0 Å². The van der Waals surface area contributed by atoms with E-state index in [0.717, 1.165) is 23.9 Å². The fourth-order valence-corrected chi connectivity index (χ4v) is 2.53. The van der Waals surface area contributed by atoms with Crippen LogP contribution in [0, 0.1) is 0 Å². The van der Waals surface area contributed by atoms with Crippen LogP contribution in [0.3, 0.4) is 0 Å². The van der Waals surface area contributed by atoms with Gasteiger partial charge in [-0.3, -0.25) is 4.90 Å². The van der Waals surface area contributed by atoms with Crippen molar-refractivity contribution in [3.05, 3.63) is 34.3 Å². The molecule has 0 aromatic heterocycles. The Bertz CT molecular complexity index is 322. The molecule has 0 atom stereocenters. The van der Waals surface area contributed by atoms with Crippen molar-refractivity contribution >= 4 is 15.9 Å². The first-order chi connectivity index (χ1) is 8.07. The topological polar surface area (TPSA) is 29.3 Å². The summed E-state index contributed by atoms with van der Waals surface area (Å²) in [4.78, 5) is 2.39. The van der Waals surface area contributed by atoms with Gasteiger partial charge in [0.1, 0.15) is 0 Å². The van der Waals surface area contributed by atoms with E-state index in [1.165, 1.54) is 5.56 Å². The van der Waals surface area contributed by atoms with Gasteiger partial charge in [-0.15, -0.1) is 0 Å². The largest absolute Gasteiger partial charge is 0.329 e. The maximum absolute atomic E-state index is 5.96. The van der Waals surface area contributed by atoms with Crippen molar-refractivity contribution in [1.82, 2.24) is 4.90 Å². The molecule has 0 bridgehead atoms. The number of hydrogen-bond acceptors (Lipinski definition) is 2. The normalized spacial score (nSPS) is 12.1. The minimum atomic E-state index is 0.132. The summed E-state index contributed by atoms with van der Waals surface area (Å²) in [5, 5.41) is 0. The molecule has 96 valence electrons. The van der Waals surface area contributed by atoms with Crippen molar-refractivity contribution in [3.63, 3.8) is 0 Å². The molecule has 0 aliphatic carbocycles. The SMILES string of the molecule is CCC(CC)(CN)N(C)Cc1ccc(Br)cc1. The van der Waals surface area contributed by atoms with Crippen molar-refractivity contribution in [3.8, 4) is 0 Å². The second-order valence-corrected chi connectivity index (χ2v) is 5.53. The molecular formula is C14H23BrN2. The highest BCUT2D eigenvalue weighted by Crippen LogP contribution is 2.23. The summed E-state index contributed by atoms with van der Waals surface area (Å²) in [5.74, 6) is 0. The average molecular weight is 299 g/mol. The van der Waals surface area contributed by atoms with Crippen LogP contribution < -0.4 is 5.73 Å². The van der Waals surface area contributed by atoms with Gasteiger partial charge in [0.2, 0.25) is 0 Å². The molecule has 1 aromatic rings. The maximum Gasteiger partial charge on any atom is 0.0327 e. The number of nitrogens with zero attached hydrogens (tertiary/aromatic N) is 1. The quantitative estimate of drug-likeness (QED) is 0.872. The highest BCUT2D eigenvalue weighted by Gasteiger charge is 2.29. The van der Waals surface area contributed by atoms with Crippen LogP contribution in [-0.4, -0.2) is 24.0 Å². The van der Waals surface area contributed by atoms with E-state index in [-0.39, 0.29) is 5.54 Å². The van der Waals surface area contributed by atoms with E-state index in [9.17, 15) is 0 Å². The van der Waals surface area contributed by atoms with E-state index >= 15 is 0 Å². The lowest BCUT2D eigenvalue weighted by atomic mass is 9.90. The molecule has 0 heterocycles. The van der Waals surface area contributed by atoms with Gasteiger partial charge in [-0.05, 0) is 37.6 Å². The summed E-state index contributed by atoms with van der Waals surface area (Å²) >= 11 is 3.46. The third kappa shape index (κ3) is 3.54. The fourth-order valence-electron chi connectivity index (χ4n) is 2.27. The van der Waals surface area contributed by atoms with Crippen LogP contribution in [-0.2, 0) is 6.54 Å². The highest BCUT2D eigenvalue weighted by atomic mass is 79.9. The molecule has 1 aromatic carbocycles. The molecule has 0 radical (unpaired) electrons. The van der Waals surface area contributed by atoms with Crippen LogP contribution in [0.25, 0.3) is 0 Å². The molecule has 0 saturated heterocycles. The molecule has 0 unspecified atom stereocenters. The van der Waals surface area contributed by atoms with Crippen LogP contribution in [0.15, 0.2) is 28.7 Å². The first-order valence-electron chi connectivity index (χ1n) is 6.23. The number of rotatable bonds is 6. The summed E-state index contributed by atoms with van der Waals surface area (Å²) < 4.78 is 1.12. The minimum Gasteiger partial charge on any atom is -0.329 e. The Morgan fingerprint density at radius 3 is 2.12 bits per heavy atom. The zero-order chi connectivity index (χ0) is 12.9. The molecule has 0 saturated carbocycles. The Morgan fingerprint density at radius 2 is 1.71 bits per heavy atom. The van der Waals surface area contributed by atoms with Gasteiger partial charge >= 0.3 is 0 Å². The molecule has 2 nitrogen and oxygen atoms in total. The van der Waals surface area contributed by atoms with Crippen LogP contribution in [0.2, 0.25) is 0 Å². The van der Waals surface area contributed by atoms with E-state index in [0.29, 0.717) is 6.54 Å². The van der Waals surface area contributed by atoms with Gasteiger partial charge < -0.3 is 5.73 Å². The molecule has 17 heavy (non-hydrogen) atoms. The van der Waals surface area contributed by atoms with Gasteiger partial charge in [0.05, 0.1) is 0 Å². The van der Waals surface area contributed by atoms with E-state index in [1.54, 1.807) is 0 Å². The van der Waals surface area contributed by atoms with Gasteiger partial charge in [0.15, 0.2) is 0 Å². The van der Waals surface area contributed by atoms with Gasteiger partial charge in [0.25, 0.3) is 0 Å². The first-order valence-corrected chi connectivity index (χ1v) is 7.03. The smallest absolute Gasteiger partial charge is 0.0327 e. The average Bonchev–Trinajstić information content (AvgIpc) is 2.35. The van der Waals surface area contributed by atoms with Crippen LogP contribution in [0.1, 0.15) is 32.3 Å². The molecule has 0 aliphatic rings. The fraction of sp³-hybridized carbons (Fsp3) is 0.571. The predicted octanol–water partition coefficient (Wildman–Crippen LogP) is 3.40. The molecule has 0 fully saturated rings. The molecule has 3 heteroatoms. The molecule has 0 aliphatic heterocycles. The Labute approximate surface area is 113 Å². The highest BCUT2D eigenvalue weighted by molar-refractivity contribution is 9.10. The van der Waals surface area contributed by atoms with Gasteiger partial charge in [-0.2, -0.15) is 0 Å². The number of likely N-dealkylation sites (N-methyl/N-ethyl adjacent to an activating group) is 1. The van der Waals surface area contributed by atoms with E-state index in [4.69, 9.17) is 5.73 Å². The first kappa shape index (κ1) is 14.7. The second kappa shape index (κ2) is 6.53. The summed E-state index contributed by atoms with van der Waals surface area (Å²) in [6.07, 6.45) is 2.18. The van der Waals surface area contributed by atoms with Gasteiger partial charge in [-0.1, -0.05) is 41.9 Å².